The number of alkyl halides is 2. The van der Waals surface area contributed by atoms with E-state index in [1.54, 1.807) is 44.2 Å². The lowest BCUT2D eigenvalue weighted by atomic mass is 10.1. The average Bonchev–Trinajstić information content (AvgIpc) is 3.01. The van der Waals surface area contributed by atoms with E-state index in [0.717, 1.165) is 16.8 Å². The van der Waals surface area contributed by atoms with Gasteiger partial charge in [-0.1, -0.05) is 45.7 Å². The van der Waals surface area contributed by atoms with Crippen molar-refractivity contribution in [2.24, 2.45) is 0 Å². The van der Waals surface area contributed by atoms with Gasteiger partial charge in [0.1, 0.15) is 23.5 Å². The Hall–Kier alpha value is -1.99. The van der Waals surface area contributed by atoms with Crippen molar-refractivity contribution in [3.8, 4) is 5.75 Å². The van der Waals surface area contributed by atoms with Crippen LogP contribution in [0.4, 0.5) is 0 Å². The first kappa shape index (κ1) is 29.6. The van der Waals surface area contributed by atoms with Crippen molar-refractivity contribution in [3.05, 3.63) is 63.4 Å². The quantitative estimate of drug-likeness (QED) is 0.204. The second kappa shape index (κ2) is 11.4. The summed E-state index contributed by atoms with van der Waals surface area (Å²) < 4.78 is 35.3. The van der Waals surface area contributed by atoms with Gasteiger partial charge in [-0.15, -0.1) is 0 Å². The van der Waals surface area contributed by atoms with Gasteiger partial charge in [-0.25, -0.2) is 9.36 Å². The molecule has 0 bridgehead atoms. The number of aliphatic hydroxyl groups is 1. The third-order valence-electron chi connectivity index (χ3n) is 5.13. The molecule has 1 fully saturated rings. The summed E-state index contributed by atoms with van der Waals surface area (Å²) in [5.74, 6) is -0.512. The van der Waals surface area contributed by atoms with Crippen molar-refractivity contribution in [1.29, 1.82) is 0 Å². The largest absolute Gasteiger partial charge is 0.462 e. The van der Waals surface area contributed by atoms with E-state index in [2.05, 4.69) is 26.0 Å². The topological polar surface area (TPSA) is 158 Å². The Bertz CT molecular complexity index is 1270. The summed E-state index contributed by atoms with van der Waals surface area (Å²) in [6.07, 6.45) is -3.21. The van der Waals surface area contributed by atoms with E-state index in [-0.39, 0.29) is 5.75 Å². The van der Waals surface area contributed by atoms with Gasteiger partial charge in [-0.3, -0.25) is 23.7 Å². The van der Waals surface area contributed by atoms with E-state index in [9.17, 15) is 24.1 Å². The smallest absolute Gasteiger partial charge is 0.459 e. The monoisotopic (exact) mass is 623 g/mol. The lowest BCUT2D eigenvalue weighted by Crippen LogP contribution is -2.48. The van der Waals surface area contributed by atoms with E-state index in [1.807, 2.05) is 0 Å². The average molecular weight is 625 g/mol. The first-order valence-electron chi connectivity index (χ1n) is 11.2. The number of nitrogens with one attached hydrogen (secondary N) is 2. The van der Waals surface area contributed by atoms with Crippen molar-refractivity contribution in [2.75, 3.05) is 6.61 Å². The molecule has 5 atom stereocenters. The number of nitrogens with zero attached hydrogens (tertiary/aromatic N) is 1. The predicted octanol–water partition coefficient (Wildman–Crippen LogP) is 2.65. The number of aromatic nitrogens is 2. The summed E-state index contributed by atoms with van der Waals surface area (Å²) >= 11 is 9.63. The molecule has 0 unspecified atom stereocenters. The molecule has 0 radical (unpaired) electrons. The van der Waals surface area contributed by atoms with E-state index < -0.39 is 65.4 Å². The molecule has 12 nitrogen and oxygen atoms in total. The van der Waals surface area contributed by atoms with Crippen molar-refractivity contribution >= 4 is 41.2 Å². The van der Waals surface area contributed by atoms with Gasteiger partial charge >= 0.3 is 19.4 Å². The molecule has 1 aliphatic heterocycles. The molecule has 1 aromatic heterocycles. The van der Waals surface area contributed by atoms with Gasteiger partial charge < -0.3 is 19.1 Å². The van der Waals surface area contributed by atoms with Crippen molar-refractivity contribution in [1.82, 2.24) is 14.6 Å². The molecule has 0 saturated carbocycles. The maximum Gasteiger partial charge on any atom is 0.459 e. The molecule has 0 amide bonds. The van der Waals surface area contributed by atoms with Gasteiger partial charge in [0.15, 0.2) is 10.0 Å². The van der Waals surface area contributed by atoms with E-state index in [4.69, 9.17) is 30.1 Å². The molecule has 1 aromatic carbocycles. The number of halogens is 2. The summed E-state index contributed by atoms with van der Waals surface area (Å²) in [4.78, 5) is 38.4. The number of aliphatic hydroxyl groups excluding tert-OH is 1. The number of hydrogen-bond donors (Lipinski definition) is 3. The molecule has 37 heavy (non-hydrogen) atoms. The molecule has 2 aromatic rings. The van der Waals surface area contributed by atoms with Crippen molar-refractivity contribution < 1.29 is 33.0 Å². The Morgan fingerprint density at radius 1 is 1.32 bits per heavy atom. The van der Waals surface area contributed by atoms with Gasteiger partial charge in [-0.05, 0) is 39.8 Å². The Labute approximate surface area is 225 Å². The Kier molecular flexibility index (Phi) is 9.11. The van der Waals surface area contributed by atoms with Gasteiger partial charge in [0.05, 0.1) is 12.7 Å². The summed E-state index contributed by atoms with van der Waals surface area (Å²) in [5.41, 5.74) is -2.94. The number of H-pyrrole nitrogens is 1. The van der Waals surface area contributed by atoms with Crippen LogP contribution in [0.3, 0.4) is 0 Å². The maximum atomic E-state index is 13.8. The SMILES string of the molecule is CC(C)OC(=O)C(C)(C)N[P@@](=O)(OC[C@H]1O[C@@H](n2ccc(=O)[nH]c2=O)[C@](Cl)(Br)[C@@H]1O)Oc1ccccc1. The van der Waals surface area contributed by atoms with Gasteiger partial charge in [0.2, 0.25) is 0 Å². The van der Waals surface area contributed by atoms with E-state index in [0.29, 0.717) is 0 Å². The second-order valence-electron chi connectivity index (χ2n) is 9.05. The third kappa shape index (κ3) is 7.11. The second-order valence-corrected chi connectivity index (χ2v) is 13.1. The first-order chi connectivity index (χ1) is 17.1. The molecule has 3 N–H and O–H groups in total. The highest BCUT2D eigenvalue weighted by Gasteiger charge is 2.56. The van der Waals surface area contributed by atoms with E-state index >= 15 is 0 Å². The molecule has 15 heteroatoms. The minimum absolute atomic E-state index is 0.184. The number of esters is 1. The summed E-state index contributed by atoms with van der Waals surface area (Å²) in [5, 5.41) is 13.4. The highest BCUT2D eigenvalue weighted by Crippen LogP contribution is 2.50. The molecular weight excluding hydrogens is 597 g/mol. The zero-order chi connectivity index (χ0) is 27.6. The number of carbonyl (C=O) groups is 1. The number of benzene rings is 1. The van der Waals surface area contributed by atoms with Crippen LogP contribution < -0.4 is 20.9 Å². The number of carbonyl (C=O) groups excluding carboxylic acids is 1. The van der Waals surface area contributed by atoms with Crippen LogP contribution in [0, 0.1) is 0 Å². The summed E-state index contributed by atoms with van der Waals surface area (Å²) in [6.45, 7) is 5.72. The molecule has 3 rings (SSSR count). The van der Waals surface area contributed by atoms with Crippen LogP contribution in [0.1, 0.15) is 33.9 Å². The molecule has 204 valence electrons. The zero-order valence-corrected chi connectivity index (χ0v) is 23.7. The standard InChI is InChI=1S/C22H28BrClN3O9P/c1-13(2)34-19(30)21(3,4)26-37(32,36-14-8-6-5-7-9-14)33-12-15-17(29)22(23,24)18(35-15)27-11-10-16(28)25-20(27)31/h5-11,13,15,17-18,29H,12H2,1-4H3,(H,26,32)(H,25,28,31)/t15-,17-,18-,22+,37-/m1/s1. The summed E-state index contributed by atoms with van der Waals surface area (Å²) in [7, 11) is -4.30. The number of para-hydroxylation sites is 1. The van der Waals surface area contributed by atoms with Crippen LogP contribution in [-0.2, 0) is 23.4 Å². The zero-order valence-electron chi connectivity index (χ0n) is 20.4. The maximum absolute atomic E-state index is 13.8. The summed E-state index contributed by atoms with van der Waals surface area (Å²) in [6, 6.07) is 9.21. The van der Waals surface area contributed by atoms with Crippen molar-refractivity contribution in [3.63, 3.8) is 0 Å². The fourth-order valence-electron chi connectivity index (χ4n) is 3.34. The molecule has 1 aliphatic rings. The highest BCUT2D eigenvalue weighted by molar-refractivity contribution is 9.10. The molecule has 2 heterocycles. The third-order valence-corrected chi connectivity index (χ3v) is 8.17. The van der Waals surface area contributed by atoms with Crippen LogP contribution in [0.5, 0.6) is 5.75 Å². The van der Waals surface area contributed by atoms with Crippen LogP contribution >= 0.6 is 35.3 Å². The van der Waals surface area contributed by atoms with Gasteiger partial charge in [0.25, 0.3) is 5.56 Å². The number of ether oxygens (including phenoxy) is 2. The van der Waals surface area contributed by atoms with Crippen LogP contribution in [0.25, 0.3) is 0 Å². The van der Waals surface area contributed by atoms with Crippen LogP contribution in [-0.4, -0.2) is 54.9 Å². The fraction of sp³-hybridized carbons (Fsp3) is 0.500. The first-order valence-corrected chi connectivity index (χ1v) is 13.9. The van der Waals surface area contributed by atoms with Crippen molar-refractivity contribution in [2.45, 2.75) is 61.6 Å². The fourth-order valence-corrected chi connectivity index (χ4v) is 5.94. The Balaban J connectivity index is 1.84. The number of hydrogen-bond acceptors (Lipinski definition) is 9. The molecule has 1 saturated heterocycles. The minimum Gasteiger partial charge on any atom is -0.462 e. The van der Waals surface area contributed by atoms with Crippen LogP contribution in [0.15, 0.2) is 52.2 Å². The Morgan fingerprint density at radius 2 is 1.97 bits per heavy atom. The lowest BCUT2D eigenvalue weighted by Gasteiger charge is -2.30. The van der Waals surface area contributed by atoms with Crippen LogP contribution in [0.2, 0.25) is 0 Å². The number of aromatic amines is 1. The van der Waals surface area contributed by atoms with Gasteiger partial charge in [-0.2, -0.15) is 5.09 Å². The Morgan fingerprint density at radius 3 is 2.57 bits per heavy atom. The normalized spacial score (nSPS) is 25.6. The number of rotatable bonds is 10. The molecular formula is C22H28BrClN3O9P. The predicted molar refractivity (Wildman–Crippen MR) is 138 cm³/mol. The molecule has 0 spiro atoms. The highest BCUT2D eigenvalue weighted by atomic mass is 79.9. The molecule has 0 aliphatic carbocycles. The van der Waals surface area contributed by atoms with Gasteiger partial charge in [0, 0.05) is 12.3 Å². The minimum atomic E-state index is -4.30. The lowest BCUT2D eigenvalue weighted by molar-refractivity contribution is -0.153. The van der Waals surface area contributed by atoms with E-state index in [1.165, 1.54) is 13.8 Å².